The van der Waals surface area contributed by atoms with Crippen LogP contribution in [0.25, 0.3) is 22.4 Å². The van der Waals surface area contributed by atoms with E-state index in [2.05, 4.69) is 20.2 Å². The predicted octanol–water partition coefficient (Wildman–Crippen LogP) is 2.19. The number of aliphatic hydroxyl groups excluding tert-OH is 1. The highest BCUT2D eigenvalue weighted by Crippen LogP contribution is 2.31. The highest BCUT2D eigenvalue weighted by molar-refractivity contribution is 5.89. The second-order valence-corrected chi connectivity index (χ2v) is 8.69. The van der Waals surface area contributed by atoms with Crippen LogP contribution in [0.15, 0.2) is 30.5 Å². The summed E-state index contributed by atoms with van der Waals surface area (Å²) in [4.78, 5) is 24.0. The van der Waals surface area contributed by atoms with Gasteiger partial charge in [0.05, 0.1) is 37.4 Å². The second-order valence-electron chi connectivity index (χ2n) is 8.69. The summed E-state index contributed by atoms with van der Waals surface area (Å²) >= 11 is 0. The molecule has 2 aliphatic heterocycles. The van der Waals surface area contributed by atoms with Crippen molar-refractivity contribution in [1.82, 2.24) is 25.1 Å². The summed E-state index contributed by atoms with van der Waals surface area (Å²) in [7, 11) is 0. The molecule has 1 aromatic carbocycles. The van der Waals surface area contributed by atoms with E-state index in [9.17, 15) is 4.79 Å². The van der Waals surface area contributed by atoms with E-state index in [0.717, 1.165) is 61.4 Å². The molecule has 5 rings (SSSR count). The highest BCUT2D eigenvalue weighted by Gasteiger charge is 2.24. The normalized spacial score (nSPS) is 17.0. The van der Waals surface area contributed by atoms with Crippen molar-refractivity contribution in [3.63, 3.8) is 0 Å². The first kappa shape index (κ1) is 23.5. The molecule has 0 spiro atoms. The Kier molecular flexibility index (Phi) is 7.36. The van der Waals surface area contributed by atoms with Crippen LogP contribution >= 0.6 is 0 Å². The Labute approximate surface area is 203 Å². The number of morpholine rings is 1. The molecule has 2 aliphatic rings. The van der Waals surface area contributed by atoms with Crippen LogP contribution in [-0.4, -0.2) is 83.6 Å². The number of fused-ring (bicyclic) bond motifs is 1. The van der Waals surface area contributed by atoms with Crippen LogP contribution in [0.5, 0.6) is 0 Å². The van der Waals surface area contributed by atoms with Crippen molar-refractivity contribution in [2.45, 2.75) is 25.3 Å². The Hall–Kier alpha value is -3.28. The average molecular weight is 482 g/mol. The molecule has 3 N–H and O–H groups in total. The molecule has 0 unspecified atom stereocenters. The predicted molar refractivity (Wildman–Crippen MR) is 132 cm³/mol. The molecule has 2 aromatic heterocycles. The third-order valence-corrected chi connectivity index (χ3v) is 6.32. The molecule has 0 bridgehead atoms. The largest absolute Gasteiger partial charge is 0.449 e. The Balaban J connectivity index is 1.45. The zero-order valence-corrected chi connectivity index (χ0v) is 19.7. The lowest BCUT2D eigenvalue weighted by molar-refractivity contribution is 0.122. The van der Waals surface area contributed by atoms with Crippen LogP contribution in [0.3, 0.4) is 0 Å². The van der Waals surface area contributed by atoms with Gasteiger partial charge in [-0.2, -0.15) is 5.10 Å². The lowest BCUT2D eigenvalue weighted by atomic mass is 10.1. The fourth-order valence-electron chi connectivity index (χ4n) is 4.46. The molecular weight excluding hydrogens is 450 g/mol. The van der Waals surface area contributed by atoms with Crippen molar-refractivity contribution in [3.8, 4) is 11.4 Å². The first-order valence-corrected chi connectivity index (χ1v) is 12.2. The molecule has 4 heterocycles. The molecule has 1 amide bonds. The fraction of sp³-hybridized carbons (Fsp3) is 0.500. The molecule has 186 valence electrons. The van der Waals surface area contributed by atoms with Crippen molar-refractivity contribution >= 4 is 28.6 Å². The van der Waals surface area contributed by atoms with Gasteiger partial charge in [0.2, 0.25) is 0 Å². The topological polar surface area (TPSA) is 127 Å². The summed E-state index contributed by atoms with van der Waals surface area (Å²) < 4.78 is 12.6. The Morgan fingerprint density at radius 3 is 2.69 bits per heavy atom. The van der Waals surface area contributed by atoms with E-state index < -0.39 is 6.09 Å². The van der Waals surface area contributed by atoms with Gasteiger partial charge < -0.3 is 24.8 Å². The quantitative estimate of drug-likeness (QED) is 0.435. The summed E-state index contributed by atoms with van der Waals surface area (Å²) in [5.41, 5.74) is 2.30. The van der Waals surface area contributed by atoms with Gasteiger partial charge in [0, 0.05) is 37.4 Å². The lowest BCUT2D eigenvalue weighted by Gasteiger charge is -2.28. The zero-order valence-electron chi connectivity index (χ0n) is 19.7. The second kappa shape index (κ2) is 11.0. The van der Waals surface area contributed by atoms with Crippen molar-refractivity contribution in [1.29, 1.82) is 0 Å². The van der Waals surface area contributed by atoms with Gasteiger partial charge in [-0.1, -0.05) is 0 Å². The van der Waals surface area contributed by atoms with Crippen molar-refractivity contribution in [2.24, 2.45) is 0 Å². The number of hydrogen-bond donors (Lipinski definition) is 3. The summed E-state index contributed by atoms with van der Waals surface area (Å²) in [5, 5.41) is 20.6. The molecule has 0 radical (unpaired) electrons. The number of rotatable bonds is 7. The number of hydrogen-bond acceptors (Lipinski definition) is 9. The Morgan fingerprint density at radius 2 is 1.94 bits per heavy atom. The van der Waals surface area contributed by atoms with Crippen molar-refractivity contribution < 1.29 is 19.4 Å². The van der Waals surface area contributed by atoms with Crippen LogP contribution in [0.1, 0.15) is 25.3 Å². The number of nitrogens with zero attached hydrogens (tertiary/aromatic N) is 5. The zero-order chi connectivity index (χ0) is 24.0. The number of ether oxygens (including phenoxy) is 2. The SMILES string of the molecule is O=C(Nc1ccc(-c2nc(N3CCOCC3)c3cnn(C4CCNCC4)c3n2)cc1)OCCCO. The smallest absolute Gasteiger partial charge is 0.411 e. The molecule has 0 saturated carbocycles. The number of aliphatic hydroxyl groups is 1. The maximum atomic E-state index is 11.9. The number of aromatic nitrogens is 4. The maximum Gasteiger partial charge on any atom is 0.411 e. The maximum absolute atomic E-state index is 11.9. The van der Waals surface area contributed by atoms with Crippen LogP contribution in [-0.2, 0) is 9.47 Å². The third-order valence-electron chi connectivity index (χ3n) is 6.32. The molecule has 35 heavy (non-hydrogen) atoms. The number of nitrogens with one attached hydrogen (secondary N) is 2. The van der Waals surface area contributed by atoms with E-state index in [1.54, 1.807) is 12.1 Å². The van der Waals surface area contributed by atoms with Crippen LogP contribution in [0.2, 0.25) is 0 Å². The number of amides is 1. The van der Waals surface area contributed by atoms with E-state index in [-0.39, 0.29) is 13.2 Å². The average Bonchev–Trinajstić information content (AvgIpc) is 3.34. The standard InChI is InChI=1S/C24H31N7O4/c32-12-1-13-35-24(33)27-18-4-2-17(3-5-18)21-28-22(30-10-14-34-15-11-30)20-16-26-31(23(20)29-21)19-6-8-25-9-7-19/h2-5,16,19,25,32H,1,6-15H2,(H,27,33). The van der Waals surface area contributed by atoms with Crippen molar-refractivity contribution in [3.05, 3.63) is 30.5 Å². The minimum atomic E-state index is -0.552. The van der Waals surface area contributed by atoms with Gasteiger partial charge in [-0.05, 0) is 50.2 Å². The summed E-state index contributed by atoms with van der Waals surface area (Å²) in [6, 6.07) is 7.68. The number of carbonyl (C=O) groups excluding carboxylic acids is 1. The summed E-state index contributed by atoms with van der Waals surface area (Å²) in [6.07, 6.45) is 3.77. The molecule has 11 heteroatoms. The summed E-state index contributed by atoms with van der Waals surface area (Å²) in [6.45, 7) is 4.96. The third kappa shape index (κ3) is 5.37. The van der Waals surface area contributed by atoms with Crippen LogP contribution in [0, 0.1) is 0 Å². The lowest BCUT2D eigenvalue weighted by Crippen LogP contribution is -2.37. The number of anilines is 2. The van der Waals surface area contributed by atoms with Gasteiger partial charge in [-0.15, -0.1) is 0 Å². The van der Waals surface area contributed by atoms with Gasteiger partial charge >= 0.3 is 6.09 Å². The van der Waals surface area contributed by atoms with Gasteiger partial charge in [0.25, 0.3) is 0 Å². The molecule has 0 atom stereocenters. The molecule has 11 nitrogen and oxygen atoms in total. The first-order valence-electron chi connectivity index (χ1n) is 12.2. The molecule has 2 saturated heterocycles. The number of benzene rings is 1. The van der Waals surface area contributed by atoms with Crippen LogP contribution in [0.4, 0.5) is 16.3 Å². The first-order chi connectivity index (χ1) is 17.2. The molecular formula is C24H31N7O4. The minimum Gasteiger partial charge on any atom is -0.449 e. The number of piperidine rings is 1. The van der Waals surface area contributed by atoms with Gasteiger partial charge in [-0.25, -0.2) is 19.4 Å². The van der Waals surface area contributed by atoms with E-state index in [4.69, 9.17) is 29.6 Å². The van der Waals surface area contributed by atoms with Gasteiger partial charge in [-0.3, -0.25) is 5.32 Å². The minimum absolute atomic E-state index is 0.0186. The Morgan fingerprint density at radius 1 is 1.17 bits per heavy atom. The highest BCUT2D eigenvalue weighted by atomic mass is 16.5. The molecule has 3 aromatic rings. The van der Waals surface area contributed by atoms with E-state index in [1.807, 2.05) is 18.3 Å². The fourth-order valence-corrected chi connectivity index (χ4v) is 4.46. The molecule has 0 aliphatic carbocycles. The van der Waals surface area contributed by atoms with E-state index in [1.165, 1.54) is 0 Å². The van der Waals surface area contributed by atoms with Gasteiger partial charge in [0.1, 0.15) is 5.82 Å². The number of carbonyl (C=O) groups is 1. The van der Waals surface area contributed by atoms with E-state index in [0.29, 0.717) is 37.2 Å². The van der Waals surface area contributed by atoms with E-state index >= 15 is 0 Å². The summed E-state index contributed by atoms with van der Waals surface area (Å²) in [5.74, 6) is 1.50. The molecule has 2 fully saturated rings. The van der Waals surface area contributed by atoms with Crippen LogP contribution < -0.4 is 15.5 Å². The van der Waals surface area contributed by atoms with Gasteiger partial charge in [0.15, 0.2) is 11.5 Å². The van der Waals surface area contributed by atoms with Crippen molar-refractivity contribution in [2.75, 3.05) is 62.8 Å². The Bertz CT molecular complexity index is 1140. The monoisotopic (exact) mass is 481 g/mol.